The molecule has 145 heavy (non-hydrogen) atoms. The fourth-order valence-corrected chi connectivity index (χ4v) is 19.7. The normalized spacial score (nSPS) is 11.8. The lowest BCUT2D eigenvalue weighted by atomic mass is 9.67. The predicted molar refractivity (Wildman–Crippen MR) is 595 cm³/mol. The van der Waals surface area contributed by atoms with E-state index < -0.39 is 49.1 Å². The van der Waals surface area contributed by atoms with Gasteiger partial charge in [-0.2, -0.15) is 43.2 Å². The molecule has 14 heteroatoms. The first-order valence-corrected chi connectivity index (χ1v) is 51.8. The highest BCUT2D eigenvalue weighted by Gasteiger charge is 2.72. The Balaban J connectivity index is 0.000000186. The number of hydrogen-bond acceptors (Lipinski definition) is 6. The molecular weight excluding hydrogens is 1850 g/mol. The third-order valence-electron chi connectivity index (χ3n) is 28.0. The zero-order valence-electron chi connectivity index (χ0n) is 90.0. The predicted octanol–water partition coefficient (Wildman–Crippen LogP) is 34.9. The van der Waals surface area contributed by atoms with Gasteiger partial charge in [-0.3, -0.25) is 8.37 Å². The highest BCUT2D eigenvalue weighted by atomic mass is 32.2. The maximum atomic E-state index is 13.7. The van der Waals surface area contributed by atoms with Gasteiger partial charge in [-0.15, -0.1) is 0 Å². The Morgan fingerprint density at radius 2 is 0.462 bits per heavy atom. The third kappa shape index (κ3) is 28.8. The van der Waals surface area contributed by atoms with Gasteiger partial charge < -0.3 is 0 Å². The van der Waals surface area contributed by atoms with Crippen molar-refractivity contribution < 1.29 is 51.5 Å². The summed E-state index contributed by atoms with van der Waals surface area (Å²) in [5.41, 5.74) is 39.7. The summed E-state index contributed by atoms with van der Waals surface area (Å²) in [6.45, 7) is 56.6. The van der Waals surface area contributed by atoms with Gasteiger partial charge >= 0.3 is 12.4 Å². The Morgan fingerprint density at radius 3 is 0.717 bits per heavy atom. The Hall–Kier alpha value is -13.1. The molecule has 0 heterocycles. The molecular formula is C131H144F6O6S2. The molecule has 0 unspecified atom stereocenters. The quantitative estimate of drug-likeness (QED) is 0.0844. The summed E-state index contributed by atoms with van der Waals surface area (Å²) < 4.78 is 141. The second-order valence-corrected chi connectivity index (χ2v) is 42.6. The van der Waals surface area contributed by atoms with Crippen LogP contribution in [0.15, 0.2) is 343 Å². The highest BCUT2D eigenvalue weighted by Crippen LogP contribution is 2.58. The van der Waals surface area contributed by atoms with Gasteiger partial charge in [0.1, 0.15) is 9.79 Å². The minimum absolute atomic E-state index is 0.0708. The Kier molecular flexibility index (Phi) is 39.9. The molecule has 16 aromatic rings. The van der Waals surface area contributed by atoms with Gasteiger partial charge in [0.05, 0.1) is 19.6 Å². The Bertz CT molecular complexity index is 6770. The number of hydrogen-bond donors (Lipinski definition) is 0. The molecule has 0 N–H and O–H groups in total. The fraction of sp³-hybridized carbons (Fsp3) is 0.267. The van der Waals surface area contributed by atoms with Crippen molar-refractivity contribution >= 4 is 20.2 Å². The molecule has 0 saturated carbocycles. The monoisotopic (exact) mass is 1990 g/mol. The number of benzene rings is 16. The van der Waals surface area contributed by atoms with Gasteiger partial charge in [0.2, 0.25) is 5.41 Å². The van der Waals surface area contributed by atoms with Gasteiger partial charge in [0.25, 0.3) is 20.2 Å². The largest absolute Gasteiger partial charge is 0.411 e. The first-order valence-electron chi connectivity index (χ1n) is 49.0. The van der Waals surface area contributed by atoms with Crippen molar-refractivity contribution in [3.63, 3.8) is 0 Å². The molecule has 0 aromatic heterocycles. The van der Waals surface area contributed by atoms with Crippen LogP contribution in [0.4, 0.5) is 26.3 Å². The van der Waals surface area contributed by atoms with E-state index in [1.54, 1.807) is 52.0 Å². The molecule has 17 rings (SSSR count). The second-order valence-electron chi connectivity index (χ2n) is 39.2. The minimum atomic E-state index is -5.53. The van der Waals surface area contributed by atoms with Gasteiger partial charge in [-0.25, -0.2) is 0 Å². The number of rotatable bonds is 13. The van der Waals surface area contributed by atoms with E-state index in [1.165, 1.54) is 209 Å². The van der Waals surface area contributed by atoms with Crippen molar-refractivity contribution in [1.82, 2.24) is 0 Å². The van der Waals surface area contributed by atoms with E-state index in [0.29, 0.717) is 22.3 Å². The number of halogens is 6. The molecule has 0 saturated heterocycles. The summed E-state index contributed by atoms with van der Waals surface area (Å²) in [7, 11) is -5.91. The summed E-state index contributed by atoms with van der Waals surface area (Å²) in [6, 6.07) is 108. The summed E-state index contributed by atoms with van der Waals surface area (Å²) >= 11 is 0. The van der Waals surface area contributed by atoms with E-state index >= 15 is 0 Å². The van der Waals surface area contributed by atoms with Crippen LogP contribution in [0.3, 0.4) is 0 Å². The summed E-state index contributed by atoms with van der Waals surface area (Å²) in [5, 5.41) is 0. The Morgan fingerprint density at radius 1 is 0.234 bits per heavy atom. The lowest BCUT2D eigenvalue weighted by molar-refractivity contribution is -0.288. The van der Waals surface area contributed by atoms with Gasteiger partial charge in [-0.05, 0) is 331 Å². The molecule has 0 fully saturated rings. The molecule has 1 aliphatic rings. The molecule has 16 aromatic carbocycles. The van der Waals surface area contributed by atoms with Crippen LogP contribution < -0.4 is 0 Å². The van der Waals surface area contributed by atoms with Crippen LogP contribution in [0.5, 0.6) is 0 Å². The van der Waals surface area contributed by atoms with Crippen molar-refractivity contribution in [3.05, 3.63) is 528 Å². The third-order valence-corrected chi connectivity index (χ3v) is 30.6. The van der Waals surface area contributed by atoms with E-state index in [4.69, 9.17) is 0 Å². The van der Waals surface area contributed by atoms with E-state index in [-0.39, 0.29) is 31.7 Å². The molecule has 0 radical (unpaired) electrons. The molecule has 6 nitrogen and oxygen atoms in total. The molecule has 0 atom stereocenters. The summed E-state index contributed by atoms with van der Waals surface area (Å²) in [5.74, 6) is 0. The van der Waals surface area contributed by atoms with Crippen molar-refractivity contribution in [2.45, 2.75) is 232 Å². The highest BCUT2D eigenvalue weighted by molar-refractivity contribution is 7.87. The number of fused-ring (bicyclic) bond motifs is 3. The van der Waals surface area contributed by atoms with E-state index in [9.17, 15) is 43.2 Å². The van der Waals surface area contributed by atoms with Crippen molar-refractivity contribution in [3.8, 4) is 22.3 Å². The van der Waals surface area contributed by atoms with E-state index in [1.807, 2.05) is 0 Å². The molecule has 758 valence electrons. The average molecular weight is 1990 g/mol. The van der Waals surface area contributed by atoms with Crippen molar-refractivity contribution in [2.75, 3.05) is 14.2 Å². The maximum Gasteiger partial charge on any atom is 0.411 e. The first kappa shape index (κ1) is 115. The lowest BCUT2D eigenvalue weighted by Crippen LogP contribution is -2.54. The molecule has 1 aliphatic carbocycles. The maximum absolute atomic E-state index is 13.7. The summed E-state index contributed by atoms with van der Waals surface area (Å²) in [4.78, 5) is -0.192. The Labute approximate surface area is 862 Å². The fourth-order valence-electron chi connectivity index (χ4n) is 17.8. The average Bonchev–Trinajstić information content (AvgIpc) is 1.61. The van der Waals surface area contributed by atoms with Crippen LogP contribution in [0.25, 0.3) is 22.3 Å². The summed E-state index contributed by atoms with van der Waals surface area (Å²) in [6.07, 6.45) is -10.0. The van der Waals surface area contributed by atoms with Crippen molar-refractivity contribution in [1.29, 1.82) is 0 Å². The zero-order chi connectivity index (χ0) is 107. The van der Waals surface area contributed by atoms with Crippen molar-refractivity contribution in [2.24, 2.45) is 0 Å². The van der Waals surface area contributed by atoms with E-state index in [0.717, 1.165) is 44.9 Å². The van der Waals surface area contributed by atoms with E-state index in [2.05, 4.69) is 416 Å². The molecule has 0 amide bonds. The van der Waals surface area contributed by atoms with Crippen LogP contribution >= 0.6 is 0 Å². The number of alkyl halides is 6. The van der Waals surface area contributed by atoms with Gasteiger partial charge in [0.15, 0.2) is 0 Å². The smallest absolute Gasteiger partial charge is 0.270 e. The second kappa shape index (κ2) is 50.1. The standard InChI is InChI=1S/C27H22.C17H14F6.C17H20.C16H18O6S2.C15H16.C12H18.C11H16.2C8H10/c1-19-11-15-21(16-12-19)27(22-17-13-20(2)14-18-22)25-9-5-3-7-23(25)24-8-4-6-10-26(24)27;1-11-3-7-13(8-4-11)15(16(18,19)20,17(21,22)23)14-9-5-12(2)6-10-14;1-13-5-9-15(10-6-13)17(3,4)16-11-7-14(2)8-12-16;1-11-5-7-13(15(9-11)23(17,18)21-3)14-8-6-12(2)10-16(14)24(19,20)22-4;1-12-3-7-14(8-4-12)11-15-9-5-13(2)6-10-15;1-7-8(2)10(4)12(6)11(5)9(7)3;1-7-6-8(2)10(4)11(5)9(7)3;1-7-3-5-8(2)6-4-7;1-7-4-3-5-8(2)6-7/h3-18H,1-2H3;3-10H,1-2H3;5-12H,1-4H3;5-10H,1-4H3;3-10H,11H2,1-2H3;1-6H3;6H,1-5H3;2*3-6H,1-2H3. The molecule has 0 bridgehead atoms. The van der Waals surface area contributed by atoms with Gasteiger partial charge in [-0.1, -0.05) is 402 Å². The zero-order valence-corrected chi connectivity index (χ0v) is 91.6. The molecule has 0 spiro atoms. The minimum Gasteiger partial charge on any atom is -0.270 e. The SMILES string of the molecule is COS(=O)(=O)c1cc(C)ccc1-c1ccc(C)cc1S(=O)(=O)OC.Cc1c(C)c(C)c(C)c(C)c1C.Cc1cc(C)c(C)c(C)c1C.Cc1ccc(C(C)(C)c2ccc(C)cc2)cc1.Cc1ccc(C(c2ccc(C)cc2)(C(F)(F)F)C(F)(F)F)cc1.Cc1ccc(C)cc1.Cc1ccc(C2(c3ccc(C)cc3)c3ccccc3-c3ccccc32)cc1.Cc1ccc(Cc2ccc(C)cc2)cc1.Cc1cccc(C)c1. The topological polar surface area (TPSA) is 86.7 Å². The van der Waals surface area contributed by atoms with Crippen LogP contribution in [0, 0.1) is 173 Å². The first-order chi connectivity index (χ1) is 68.1. The van der Waals surface area contributed by atoms with Crippen LogP contribution in [0.2, 0.25) is 0 Å². The van der Waals surface area contributed by atoms with Gasteiger partial charge in [0, 0.05) is 16.5 Å². The van der Waals surface area contributed by atoms with Crippen LogP contribution in [-0.2, 0) is 51.3 Å². The van der Waals surface area contributed by atoms with Crippen LogP contribution in [-0.4, -0.2) is 43.4 Å². The van der Waals surface area contributed by atoms with Crippen LogP contribution in [0.1, 0.15) is 209 Å². The molecule has 0 aliphatic heterocycles. The number of aryl methyl sites for hydroxylation is 16. The lowest BCUT2D eigenvalue weighted by Gasteiger charge is -2.38.